The Bertz CT molecular complexity index is 1470. The summed E-state index contributed by atoms with van der Waals surface area (Å²) in [7, 11) is -1.98. The third kappa shape index (κ3) is 3.44. The second-order valence-electron chi connectivity index (χ2n) is 7.27. The molecule has 1 aliphatic heterocycles. The maximum Gasteiger partial charge on any atom is 0.274 e. The number of sulfone groups is 1. The number of hydrogen-bond donors (Lipinski definition) is 1. The van der Waals surface area contributed by atoms with Crippen LogP contribution >= 0.6 is 0 Å². The Hall–Kier alpha value is -3.66. The van der Waals surface area contributed by atoms with Crippen LogP contribution in [-0.2, 0) is 23.4 Å². The third-order valence-corrected chi connectivity index (χ3v) is 6.90. The Morgan fingerprint density at radius 3 is 2.74 bits per heavy atom. The minimum absolute atomic E-state index is 0.0975. The average molecular weight is 437 g/mol. The highest BCUT2D eigenvalue weighted by Gasteiger charge is 2.21. The molecule has 3 heterocycles. The highest BCUT2D eigenvalue weighted by atomic mass is 32.2. The number of ether oxygens (including phenoxy) is 1. The molecular formula is C21H19N5O4S. The molecule has 4 aromatic rings. The lowest BCUT2D eigenvalue weighted by Gasteiger charge is -2.19. The van der Waals surface area contributed by atoms with Crippen molar-refractivity contribution in [3.8, 4) is 5.75 Å². The number of nitrogens with one attached hydrogen (secondary N) is 1. The number of hydrogen-bond acceptors (Lipinski definition) is 7. The van der Waals surface area contributed by atoms with Crippen molar-refractivity contribution < 1.29 is 13.2 Å². The minimum Gasteiger partial charge on any atom is -0.490 e. The van der Waals surface area contributed by atoms with Crippen LogP contribution in [0.5, 0.6) is 5.75 Å². The van der Waals surface area contributed by atoms with Crippen LogP contribution < -0.4 is 15.6 Å². The molecule has 2 aromatic heterocycles. The van der Waals surface area contributed by atoms with E-state index in [0.29, 0.717) is 41.1 Å². The molecule has 0 saturated heterocycles. The van der Waals surface area contributed by atoms with Gasteiger partial charge in [0.1, 0.15) is 12.4 Å². The molecule has 0 fully saturated rings. The Labute approximate surface area is 177 Å². The van der Waals surface area contributed by atoms with Crippen LogP contribution in [0.3, 0.4) is 0 Å². The molecule has 0 amide bonds. The highest BCUT2D eigenvalue weighted by Crippen LogP contribution is 2.32. The molecule has 0 bridgehead atoms. The van der Waals surface area contributed by atoms with Crippen LogP contribution in [0.2, 0.25) is 0 Å². The van der Waals surface area contributed by atoms with Gasteiger partial charge >= 0.3 is 0 Å². The van der Waals surface area contributed by atoms with E-state index in [9.17, 15) is 13.2 Å². The summed E-state index contributed by atoms with van der Waals surface area (Å²) in [4.78, 5) is 13.1. The summed E-state index contributed by atoms with van der Waals surface area (Å²) in [5.74, 6) is 0.626. The molecule has 158 valence electrons. The van der Waals surface area contributed by atoms with Crippen molar-refractivity contribution in [2.24, 2.45) is 7.05 Å². The lowest BCUT2D eigenvalue weighted by atomic mass is 10.2. The molecule has 0 radical (unpaired) electrons. The lowest BCUT2D eigenvalue weighted by molar-refractivity contribution is 0.323. The zero-order chi connectivity index (χ0) is 21.6. The zero-order valence-electron chi connectivity index (χ0n) is 16.6. The average Bonchev–Trinajstić information content (AvgIpc) is 3.19. The molecule has 0 saturated carbocycles. The Balaban J connectivity index is 1.52. The standard InChI is InChI=1S/C21H19N5O4S/c1-25-8-6-15(24-25)13-26-21(27)18-4-2-16(10-14(18)12-23-26)31(28,29)17-3-5-20-19(11-17)22-7-9-30-20/h2-6,8,10-12,22H,7,9,13H2,1H3. The molecule has 0 aliphatic carbocycles. The predicted octanol–water partition coefficient (Wildman–Crippen LogP) is 1.82. The number of aryl methyl sites for hydroxylation is 1. The second-order valence-corrected chi connectivity index (χ2v) is 9.22. The molecule has 2 aromatic carbocycles. The van der Waals surface area contributed by atoms with Gasteiger partial charge in [0.25, 0.3) is 5.56 Å². The van der Waals surface area contributed by atoms with Crippen molar-refractivity contribution in [2.45, 2.75) is 16.3 Å². The molecule has 0 atom stereocenters. The van der Waals surface area contributed by atoms with Crippen molar-refractivity contribution in [3.05, 3.63) is 70.9 Å². The van der Waals surface area contributed by atoms with Gasteiger partial charge in [0, 0.05) is 25.2 Å². The van der Waals surface area contributed by atoms with Crippen LogP contribution in [0.4, 0.5) is 5.69 Å². The van der Waals surface area contributed by atoms with E-state index < -0.39 is 9.84 Å². The zero-order valence-corrected chi connectivity index (χ0v) is 17.5. The molecular weight excluding hydrogens is 418 g/mol. The SMILES string of the molecule is Cn1ccc(Cn2ncc3cc(S(=O)(=O)c4ccc5c(c4)NCCO5)ccc3c2=O)n1. The number of nitrogens with zero attached hydrogens (tertiary/aromatic N) is 4. The summed E-state index contributed by atoms with van der Waals surface area (Å²) in [6, 6.07) is 11.0. The first kappa shape index (κ1) is 19.3. The molecule has 10 heteroatoms. The molecule has 9 nitrogen and oxygen atoms in total. The number of anilines is 1. The fraction of sp³-hybridized carbons (Fsp3) is 0.190. The lowest BCUT2D eigenvalue weighted by Crippen LogP contribution is -2.23. The van der Waals surface area contributed by atoms with E-state index in [2.05, 4.69) is 15.5 Å². The van der Waals surface area contributed by atoms with Crippen molar-refractivity contribution >= 4 is 26.3 Å². The molecule has 5 rings (SSSR count). The van der Waals surface area contributed by atoms with Crippen molar-refractivity contribution in [1.82, 2.24) is 19.6 Å². The van der Waals surface area contributed by atoms with Gasteiger partial charge in [-0.05, 0) is 42.5 Å². The summed E-state index contributed by atoms with van der Waals surface area (Å²) in [5, 5.41) is 12.5. The smallest absolute Gasteiger partial charge is 0.274 e. The van der Waals surface area contributed by atoms with E-state index >= 15 is 0 Å². The summed E-state index contributed by atoms with van der Waals surface area (Å²) in [6.45, 7) is 1.39. The maximum absolute atomic E-state index is 13.2. The van der Waals surface area contributed by atoms with Crippen molar-refractivity contribution in [2.75, 3.05) is 18.5 Å². The van der Waals surface area contributed by atoms with E-state index in [1.54, 1.807) is 30.1 Å². The first-order chi connectivity index (χ1) is 14.9. The van der Waals surface area contributed by atoms with Gasteiger partial charge in [0.2, 0.25) is 9.84 Å². The van der Waals surface area contributed by atoms with Gasteiger partial charge in [-0.1, -0.05) is 0 Å². The summed E-state index contributed by atoms with van der Waals surface area (Å²) in [6.07, 6.45) is 3.29. The summed E-state index contributed by atoms with van der Waals surface area (Å²) in [5.41, 5.74) is 1.05. The highest BCUT2D eigenvalue weighted by molar-refractivity contribution is 7.91. The second kappa shape index (κ2) is 7.24. The predicted molar refractivity (Wildman–Crippen MR) is 114 cm³/mol. The van der Waals surface area contributed by atoms with Crippen LogP contribution in [0.1, 0.15) is 5.69 Å². The van der Waals surface area contributed by atoms with Crippen LogP contribution in [0.25, 0.3) is 10.8 Å². The van der Waals surface area contributed by atoms with Gasteiger partial charge in [0.05, 0.1) is 39.3 Å². The van der Waals surface area contributed by atoms with Gasteiger partial charge in [-0.2, -0.15) is 10.2 Å². The molecule has 1 N–H and O–H groups in total. The fourth-order valence-corrected chi connectivity index (χ4v) is 4.89. The van der Waals surface area contributed by atoms with Crippen molar-refractivity contribution in [1.29, 1.82) is 0 Å². The largest absolute Gasteiger partial charge is 0.490 e. The van der Waals surface area contributed by atoms with E-state index in [4.69, 9.17) is 4.74 Å². The number of benzene rings is 2. The Kier molecular flexibility index (Phi) is 4.51. The Morgan fingerprint density at radius 2 is 1.94 bits per heavy atom. The van der Waals surface area contributed by atoms with E-state index in [-0.39, 0.29) is 21.9 Å². The van der Waals surface area contributed by atoms with Gasteiger partial charge in [-0.25, -0.2) is 13.1 Å². The third-order valence-electron chi connectivity index (χ3n) is 5.15. The first-order valence-corrected chi connectivity index (χ1v) is 11.1. The number of fused-ring (bicyclic) bond motifs is 2. The molecule has 31 heavy (non-hydrogen) atoms. The van der Waals surface area contributed by atoms with Crippen LogP contribution in [0, 0.1) is 0 Å². The van der Waals surface area contributed by atoms with E-state index in [1.165, 1.54) is 35.1 Å². The van der Waals surface area contributed by atoms with Crippen LogP contribution in [0.15, 0.2) is 69.4 Å². The fourth-order valence-electron chi connectivity index (χ4n) is 3.57. The molecule has 1 aliphatic rings. The van der Waals surface area contributed by atoms with Gasteiger partial charge in [-0.3, -0.25) is 9.48 Å². The normalized spacial score (nSPS) is 13.5. The Morgan fingerprint density at radius 1 is 1.13 bits per heavy atom. The monoisotopic (exact) mass is 437 g/mol. The topological polar surface area (TPSA) is 108 Å². The molecule has 0 unspecified atom stereocenters. The van der Waals surface area contributed by atoms with E-state index in [0.717, 1.165) is 0 Å². The van der Waals surface area contributed by atoms with Gasteiger partial charge in [-0.15, -0.1) is 0 Å². The van der Waals surface area contributed by atoms with E-state index in [1.807, 2.05) is 6.07 Å². The quantitative estimate of drug-likeness (QED) is 0.519. The van der Waals surface area contributed by atoms with Gasteiger partial charge in [0.15, 0.2) is 0 Å². The maximum atomic E-state index is 13.2. The van der Waals surface area contributed by atoms with Crippen LogP contribution in [-0.4, -0.2) is 41.1 Å². The van der Waals surface area contributed by atoms with Crippen molar-refractivity contribution in [3.63, 3.8) is 0 Å². The van der Waals surface area contributed by atoms with Gasteiger partial charge < -0.3 is 10.1 Å². The number of rotatable bonds is 4. The molecule has 0 spiro atoms. The number of aromatic nitrogens is 4. The summed E-state index contributed by atoms with van der Waals surface area (Å²) < 4.78 is 34.8. The first-order valence-electron chi connectivity index (χ1n) is 9.66. The summed E-state index contributed by atoms with van der Waals surface area (Å²) >= 11 is 0. The minimum atomic E-state index is -3.78.